The average molecular weight is 544 g/mol. The average Bonchev–Trinajstić information content (AvgIpc) is 3.54. The normalized spacial score (nSPS) is 16.1. The van der Waals surface area contributed by atoms with E-state index in [-0.39, 0.29) is 18.1 Å². The van der Waals surface area contributed by atoms with Gasteiger partial charge >= 0.3 is 6.09 Å². The minimum absolute atomic E-state index is 0.0536. The maximum atomic E-state index is 12.4. The molecule has 1 amide bonds. The number of carbonyl (C=O) groups is 1. The molecule has 1 fully saturated rings. The summed E-state index contributed by atoms with van der Waals surface area (Å²) < 4.78 is 13.2. The fourth-order valence-electron chi connectivity index (χ4n) is 4.87. The summed E-state index contributed by atoms with van der Waals surface area (Å²) in [5.74, 6) is 1.40. The number of ether oxygens (including phenoxy) is 1. The van der Waals surface area contributed by atoms with Gasteiger partial charge in [-0.1, -0.05) is 11.2 Å². The van der Waals surface area contributed by atoms with Gasteiger partial charge in [0.05, 0.1) is 34.7 Å². The fourth-order valence-corrected chi connectivity index (χ4v) is 4.87. The molecule has 0 unspecified atom stereocenters. The summed E-state index contributed by atoms with van der Waals surface area (Å²) >= 11 is 0. The lowest BCUT2D eigenvalue weighted by atomic mass is 10.0. The van der Waals surface area contributed by atoms with Crippen LogP contribution in [0.5, 0.6) is 0 Å². The predicted octanol–water partition coefficient (Wildman–Crippen LogP) is 5.00. The monoisotopic (exact) mass is 543 g/mol. The summed E-state index contributed by atoms with van der Waals surface area (Å²) in [5, 5.41) is 9.94. The van der Waals surface area contributed by atoms with Crippen molar-refractivity contribution >= 4 is 28.5 Å². The Balaban J connectivity index is 1.34. The van der Waals surface area contributed by atoms with Crippen molar-refractivity contribution in [1.29, 1.82) is 0 Å². The largest absolute Gasteiger partial charge is 0.444 e. The molecule has 0 atom stereocenters. The van der Waals surface area contributed by atoms with E-state index >= 15 is 0 Å². The smallest absolute Gasteiger partial charge is 0.410 e. The van der Waals surface area contributed by atoms with Gasteiger partial charge in [0.15, 0.2) is 5.65 Å². The van der Waals surface area contributed by atoms with Crippen LogP contribution in [0.2, 0.25) is 0 Å². The van der Waals surface area contributed by atoms with Gasteiger partial charge < -0.3 is 19.9 Å². The number of anilines is 1. The molecule has 1 saturated carbocycles. The molecule has 1 aliphatic heterocycles. The van der Waals surface area contributed by atoms with Crippen molar-refractivity contribution in [3.63, 3.8) is 0 Å². The van der Waals surface area contributed by atoms with Crippen molar-refractivity contribution in [3.05, 3.63) is 36.3 Å². The summed E-state index contributed by atoms with van der Waals surface area (Å²) in [6.07, 6.45) is 9.37. The number of hydrogen-bond donors (Lipinski definition) is 1. The van der Waals surface area contributed by atoms with Crippen LogP contribution in [0.25, 0.3) is 39.3 Å². The van der Waals surface area contributed by atoms with Crippen LogP contribution in [0, 0.1) is 0 Å². The van der Waals surface area contributed by atoms with Gasteiger partial charge in [-0.3, -0.25) is 9.97 Å². The summed E-state index contributed by atoms with van der Waals surface area (Å²) in [7, 11) is 0. The molecule has 6 rings (SSSR count). The number of amides is 1. The quantitative estimate of drug-likeness (QED) is 0.364. The second-order valence-corrected chi connectivity index (χ2v) is 11.6. The van der Waals surface area contributed by atoms with Crippen molar-refractivity contribution in [2.24, 2.45) is 0 Å². The highest BCUT2D eigenvalue weighted by atomic mass is 16.6. The zero-order valence-electron chi connectivity index (χ0n) is 23.4. The van der Waals surface area contributed by atoms with Gasteiger partial charge in [0.25, 0.3) is 0 Å². The molecule has 0 aromatic carbocycles. The molecule has 2 N–H and O–H groups in total. The molecular weight excluding hydrogens is 510 g/mol. The van der Waals surface area contributed by atoms with Crippen molar-refractivity contribution in [2.75, 3.05) is 18.8 Å². The van der Waals surface area contributed by atoms with Crippen LogP contribution < -0.4 is 5.73 Å². The van der Waals surface area contributed by atoms with E-state index in [1.54, 1.807) is 17.3 Å². The molecule has 12 heteroatoms. The number of rotatable bonds is 5. The van der Waals surface area contributed by atoms with Crippen molar-refractivity contribution in [2.45, 2.75) is 71.4 Å². The van der Waals surface area contributed by atoms with Crippen LogP contribution in [0.1, 0.15) is 77.3 Å². The molecular formula is C28H33N9O3. The van der Waals surface area contributed by atoms with Crippen LogP contribution in [0.3, 0.4) is 0 Å². The predicted molar refractivity (Wildman–Crippen MR) is 149 cm³/mol. The summed E-state index contributed by atoms with van der Waals surface area (Å²) in [4.78, 5) is 32.3. The minimum atomic E-state index is -0.527. The third-order valence-corrected chi connectivity index (χ3v) is 7.00. The number of aromatic nitrogens is 7. The molecule has 4 aromatic heterocycles. The van der Waals surface area contributed by atoms with Gasteiger partial charge in [-0.25, -0.2) is 19.4 Å². The number of nitrogens with two attached hydrogens (primary N) is 1. The molecule has 0 radical (unpaired) electrons. The Labute approximate surface area is 231 Å². The number of hydrogen-bond acceptors (Lipinski definition) is 10. The first-order valence-electron chi connectivity index (χ1n) is 13.6. The van der Waals surface area contributed by atoms with Crippen LogP contribution in [-0.2, 0) is 4.74 Å². The Bertz CT molecular complexity index is 1610. The van der Waals surface area contributed by atoms with Gasteiger partial charge in [0.2, 0.25) is 0 Å². The number of carbonyl (C=O) groups excluding carboxylic acids is 1. The Morgan fingerprint density at radius 1 is 1.10 bits per heavy atom. The standard InChI is InChI=1S/C28H33N9O3/c1-15(2)37-26-21(25(29)32-14-33-26)22(34-37)23-20(24(40-35-23)17-6-7-17)19-13-30-18(12-31-19)16-8-10-36(11-9-16)27(38)39-28(3,4)5/h8,12-15,17H,6-7,9-11H2,1-5H3,(H2,29,32,33). The van der Waals surface area contributed by atoms with Crippen molar-refractivity contribution < 1.29 is 14.1 Å². The maximum absolute atomic E-state index is 12.4. The lowest BCUT2D eigenvalue weighted by Crippen LogP contribution is -2.39. The topological polar surface area (TPSA) is 151 Å². The summed E-state index contributed by atoms with van der Waals surface area (Å²) in [6, 6.07) is 0.0536. The van der Waals surface area contributed by atoms with E-state index in [4.69, 9.17) is 30.1 Å². The Morgan fingerprint density at radius 3 is 2.48 bits per heavy atom. The second kappa shape index (κ2) is 9.68. The van der Waals surface area contributed by atoms with Gasteiger partial charge in [-0.15, -0.1) is 0 Å². The Morgan fingerprint density at radius 2 is 1.85 bits per heavy atom. The fraction of sp³-hybridized carbons (Fsp3) is 0.464. The van der Waals surface area contributed by atoms with Crippen molar-refractivity contribution in [1.82, 2.24) is 39.8 Å². The minimum Gasteiger partial charge on any atom is -0.444 e. The zero-order chi connectivity index (χ0) is 28.2. The van der Waals surface area contributed by atoms with Crippen LogP contribution >= 0.6 is 0 Å². The van der Waals surface area contributed by atoms with Gasteiger partial charge in [0, 0.05) is 25.0 Å². The van der Waals surface area contributed by atoms with E-state index in [0.29, 0.717) is 53.4 Å². The van der Waals surface area contributed by atoms with Crippen molar-refractivity contribution in [3.8, 4) is 22.6 Å². The molecule has 0 saturated heterocycles. The maximum Gasteiger partial charge on any atom is 0.410 e. The van der Waals surface area contributed by atoms with E-state index in [1.807, 2.05) is 45.4 Å². The van der Waals surface area contributed by atoms with Crippen LogP contribution in [0.4, 0.5) is 10.6 Å². The van der Waals surface area contributed by atoms with Gasteiger partial charge in [0.1, 0.15) is 34.9 Å². The van der Waals surface area contributed by atoms with E-state index < -0.39 is 5.60 Å². The van der Waals surface area contributed by atoms with E-state index in [0.717, 1.165) is 35.4 Å². The Hall–Kier alpha value is -4.35. The third kappa shape index (κ3) is 4.78. The first-order chi connectivity index (χ1) is 19.1. The summed E-state index contributed by atoms with van der Waals surface area (Å²) in [6.45, 7) is 10.7. The molecule has 2 aliphatic rings. The SMILES string of the molecule is CC(C)n1nc(-c2noc(C3CC3)c2-c2cnc(C3=CCN(C(=O)OC(C)(C)C)CC3)cn2)c2c(N)ncnc21. The number of fused-ring (bicyclic) bond motifs is 1. The first-order valence-corrected chi connectivity index (χ1v) is 13.6. The Kier molecular flexibility index (Phi) is 6.27. The molecule has 0 spiro atoms. The molecule has 5 heterocycles. The van der Waals surface area contributed by atoms with Crippen LogP contribution in [-0.4, -0.2) is 64.6 Å². The zero-order valence-corrected chi connectivity index (χ0v) is 23.4. The number of nitrogen functional groups attached to an aromatic ring is 1. The number of nitrogens with zero attached hydrogens (tertiary/aromatic N) is 8. The first kappa shape index (κ1) is 25.9. The molecule has 4 aromatic rings. The lowest BCUT2D eigenvalue weighted by Gasteiger charge is -2.29. The molecule has 40 heavy (non-hydrogen) atoms. The molecule has 0 bridgehead atoms. The molecule has 1 aliphatic carbocycles. The third-order valence-electron chi connectivity index (χ3n) is 7.00. The lowest BCUT2D eigenvalue weighted by molar-refractivity contribution is 0.0270. The highest BCUT2D eigenvalue weighted by Gasteiger charge is 2.35. The molecule has 208 valence electrons. The second-order valence-electron chi connectivity index (χ2n) is 11.6. The highest BCUT2D eigenvalue weighted by Crippen LogP contribution is 2.48. The van der Waals surface area contributed by atoms with E-state index in [9.17, 15) is 4.79 Å². The summed E-state index contributed by atoms with van der Waals surface area (Å²) in [5.41, 5.74) is 10.8. The molecule has 12 nitrogen and oxygen atoms in total. The highest BCUT2D eigenvalue weighted by molar-refractivity contribution is 6.00. The van der Waals surface area contributed by atoms with Gasteiger partial charge in [-0.2, -0.15) is 5.10 Å². The van der Waals surface area contributed by atoms with Gasteiger partial charge in [-0.05, 0) is 59.5 Å². The van der Waals surface area contributed by atoms with E-state index in [2.05, 4.69) is 15.1 Å². The van der Waals surface area contributed by atoms with E-state index in [1.165, 1.54) is 6.33 Å². The van der Waals surface area contributed by atoms with Crippen LogP contribution in [0.15, 0.2) is 29.3 Å².